The summed E-state index contributed by atoms with van der Waals surface area (Å²) >= 11 is 1.50. The molecule has 1 saturated heterocycles. The second-order valence-corrected chi connectivity index (χ2v) is 9.46. The Morgan fingerprint density at radius 3 is 2.45 bits per heavy atom. The highest BCUT2D eigenvalue weighted by molar-refractivity contribution is 7.99. The quantitative estimate of drug-likeness (QED) is 0.475. The molecule has 1 aromatic heterocycles. The van der Waals surface area contributed by atoms with Crippen LogP contribution >= 0.6 is 11.8 Å². The molecule has 0 spiro atoms. The molecule has 7 nitrogen and oxygen atoms in total. The number of methoxy groups -OCH3 is 1. The van der Waals surface area contributed by atoms with Crippen LogP contribution in [0.2, 0.25) is 0 Å². The monoisotopic (exact) mass is 463 g/mol. The zero-order chi connectivity index (χ0) is 22.6. The maximum Gasteiger partial charge on any atom is 0.233 e. The van der Waals surface area contributed by atoms with Crippen molar-refractivity contribution in [2.24, 2.45) is 0 Å². The topological polar surface area (TPSA) is 63.5 Å². The first-order valence-corrected chi connectivity index (χ1v) is 12.5. The summed E-state index contributed by atoms with van der Waals surface area (Å²) in [5.41, 5.74) is 2.31. The summed E-state index contributed by atoms with van der Waals surface area (Å²) in [6.45, 7) is 3.76. The Kier molecular flexibility index (Phi) is 6.53. The van der Waals surface area contributed by atoms with Crippen LogP contribution in [0.5, 0.6) is 5.75 Å². The molecule has 1 aliphatic heterocycles. The van der Waals surface area contributed by atoms with Crippen LogP contribution in [0.3, 0.4) is 0 Å². The second kappa shape index (κ2) is 9.87. The Labute approximate surface area is 198 Å². The van der Waals surface area contributed by atoms with E-state index >= 15 is 0 Å². The maximum atomic E-state index is 13.0. The summed E-state index contributed by atoms with van der Waals surface area (Å²) < 4.78 is 7.70. The van der Waals surface area contributed by atoms with Gasteiger partial charge in [-0.05, 0) is 30.5 Å². The molecule has 0 bridgehead atoms. The number of amides is 1. The van der Waals surface area contributed by atoms with E-state index in [2.05, 4.69) is 50.0 Å². The number of carbonyl (C=O) groups is 1. The van der Waals surface area contributed by atoms with E-state index < -0.39 is 0 Å². The van der Waals surface area contributed by atoms with Crippen LogP contribution in [0.15, 0.2) is 59.8 Å². The zero-order valence-corrected chi connectivity index (χ0v) is 19.7. The molecule has 1 aliphatic carbocycles. The number of anilines is 1. The van der Waals surface area contributed by atoms with Crippen LogP contribution in [-0.4, -0.2) is 64.6 Å². The van der Waals surface area contributed by atoms with Crippen molar-refractivity contribution < 1.29 is 9.53 Å². The Bertz CT molecular complexity index is 1090. The van der Waals surface area contributed by atoms with Crippen molar-refractivity contribution in [2.75, 3.05) is 43.9 Å². The molecule has 0 N–H and O–H groups in total. The van der Waals surface area contributed by atoms with Gasteiger partial charge in [-0.1, -0.05) is 54.2 Å². The average molecular weight is 464 g/mol. The third-order valence-corrected chi connectivity index (χ3v) is 7.21. The molecule has 1 saturated carbocycles. The van der Waals surface area contributed by atoms with Gasteiger partial charge in [-0.3, -0.25) is 4.79 Å². The van der Waals surface area contributed by atoms with Gasteiger partial charge in [-0.2, -0.15) is 0 Å². The number of ether oxygens (including phenoxy) is 1. The molecular weight excluding hydrogens is 434 g/mol. The molecule has 3 aromatic rings. The van der Waals surface area contributed by atoms with Gasteiger partial charge in [0, 0.05) is 32.1 Å². The molecule has 172 valence electrons. The number of aromatic nitrogens is 3. The van der Waals surface area contributed by atoms with Crippen LogP contribution in [0.4, 0.5) is 5.69 Å². The number of thioether (sulfide) groups is 1. The van der Waals surface area contributed by atoms with Gasteiger partial charge in [0.1, 0.15) is 11.6 Å². The standard InChI is InChI=1S/C25H29N5O2S/c1-32-22-10-6-5-9-21(22)28-13-15-29(16-14-28)23(31)18-33-25-27-26-24(20-11-12-20)30(25)17-19-7-3-2-4-8-19/h2-10,20H,11-18H2,1H3. The highest BCUT2D eigenvalue weighted by Crippen LogP contribution is 2.40. The molecule has 0 radical (unpaired) electrons. The van der Waals surface area contributed by atoms with Crippen LogP contribution in [0.25, 0.3) is 0 Å². The number of rotatable bonds is 8. The molecule has 2 aromatic carbocycles. The summed E-state index contributed by atoms with van der Waals surface area (Å²) in [6, 6.07) is 18.4. The molecule has 0 atom stereocenters. The van der Waals surface area contributed by atoms with Gasteiger partial charge >= 0.3 is 0 Å². The van der Waals surface area contributed by atoms with E-state index in [1.807, 2.05) is 29.2 Å². The minimum Gasteiger partial charge on any atom is -0.495 e. The first-order chi connectivity index (χ1) is 16.2. The third-order valence-electron chi connectivity index (χ3n) is 6.25. The number of para-hydroxylation sites is 2. The first kappa shape index (κ1) is 21.8. The molecule has 1 amide bonds. The number of nitrogens with zero attached hydrogens (tertiary/aromatic N) is 5. The average Bonchev–Trinajstić information content (AvgIpc) is 3.64. The Morgan fingerprint density at radius 1 is 1.00 bits per heavy atom. The van der Waals surface area contributed by atoms with E-state index in [-0.39, 0.29) is 5.91 Å². The van der Waals surface area contributed by atoms with Crippen LogP contribution in [0, 0.1) is 0 Å². The van der Waals surface area contributed by atoms with Gasteiger partial charge in [-0.25, -0.2) is 0 Å². The lowest BCUT2D eigenvalue weighted by molar-refractivity contribution is -0.128. The number of carbonyl (C=O) groups excluding carboxylic acids is 1. The van der Waals surface area contributed by atoms with E-state index in [9.17, 15) is 4.79 Å². The van der Waals surface area contributed by atoms with Crippen molar-refractivity contribution in [3.05, 3.63) is 66.0 Å². The van der Waals surface area contributed by atoms with E-state index in [0.717, 1.165) is 42.1 Å². The van der Waals surface area contributed by atoms with Crippen molar-refractivity contribution in [3.8, 4) is 5.75 Å². The highest BCUT2D eigenvalue weighted by atomic mass is 32.2. The summed E-state index contributed by atoms with van der Waals surface area (Å²) in [5, 5.41) is 9.75. The number of hydrogen-bond acceptors (Lipinski definition) is 6. The summed E-state index contributed by atoms with van der Waals surface area (Å²) in [5.74, 6) is 2.97. The smallest absolute Gasteiger partial charge is 0.233 e. The molecule has 5 rings (SSSR count). The zero-order valence-electron chi connectivity index (χ0n) is 18.9. The second-order valence-electron chi connectivity index (χ2n) is 8.52. The van der Waals surface area contributed by atoms with Crippen molar-refractivity contribution in [2.45, 2.75) is 30.5 Å². The molecular formula is C25H29N5O2S. The van der Waals surface area contributed by atoms with E-state index in [4.69, 9.17) is 4.74 Å². The molecule has 33 heavy (non-hydrogen) atoms. The molecule has 2 heterocycles. The van der Waals surface area contributed by atoms with E-state index in [1.54, 1.807) is 7.11 Å². The summed E-state index contributed by atoms with van der Waals surface area (Å²) in [6.07, 6.45) is 2.35. The van der Waals surface area contributed by atoms with Crippen molar-refractivity contribution >= 4 is 23.4 Å². The van der Waals surface area contributed by atoms with Crippen LogP contribution < -0.4 is 9.64 Å². The lowest BCUT2D eigenvalue weighted by Gasteiger charge is -2.36. The van der Waals surface area contributed by atoms with Gasteiger partial charge in [0.05, 0.1) is 25.1 Å². The normalized spacial score (nSPS) is 16.2. The summed E-state index contributed by atoms with van der Waals surface area (Å²) in [4.78, 5) is 17.2. The highest BCUT2D eigenvalue weighted by Gasteiger charge is 2.31. The predicted molar refractivity (Wildman–Crippen MR) is 130 cm³/mol. The van der Waals surface area contributed by atoms with Crippen LogP contribution in [0.1, 0.15) is 30.1 Å². The van der Waals surface area contributed by atoms with Crippen molar-refractivity contribution in [1.82, 2.24) is 19.7 Å². The molecule has 2 aliphatic rings. The Morgan fingerprint density at radius 2 is 1.73 bits per heavy atom. The summed E-state index contributed by atoms with van der Waals surface area (Å²) in [7, 11) is 1.70. The lowest BCUT2D eigenvalue weighted by atomic mass is 10.2. The largest absolute Gasteiger partial charge is 0.495 e. The lowest BCUT2D eigenvalue weighted by Crippen LogP contribution is -2.49. The minimum atomic E-state index is 0.155. The van der Waals surface area contributed by atoms with Crippen LogP contribution in [-0.2, 0) is 11.3 Å². The number of benzene rings is 2. The Balaban J connectivity index is 1.20. The SMILES string of the molecule is COc1ccccc1N1CCN(C(=O)CSc2nnc(C3CC3)n2Cc2ccccc2)CC1. The van der Waals surface area contributed by atoms with Gasteiger partial charge < -0.3 is 19.1 Å². The van der Waals surface area contributed by atoms with Crippen molar-refractivity contribution in [3.63, 3.8) is 0 Å². The number of piperazine rings is 1. The fourth-order valence-electron chi connectivity index (χ4n) is 4.27. The fraction of sp³-hybridized carbons (Fsp3) is 0.400. The third kappa shape index (κ3) is 5.00. The van der Waals surface area contributed by atoms with E-state index in [0.29, 0.717) is 24.8 Å². The number of hydrogen-bond donors (Lipinski definition) is 0. The molecule has 2 fully saturated rings. The maximum absolute atomic E-state index is 13.0. The van der Waals surface area contributed by atoms with Crippen molar-refractivity contribution in [1.29, 1.82) is 0 Å². The predicted octanol–water partition coefficient (Wildman–Crippen LogP) is 3.65. The first-order valence-electron chi connectivity index (χ1n) is 11.5. The Hall–Kier alpha value is -3.00. The minimum absolute atomic E-state index is 0.155. The van der Waals surface area contributed by atoms with Gasteiger partial charge in [-0.15, -0.1) is 10.2 Å². The van der Waals surface area contributed by atoms with Gasteiger partial charge in [0.15, 0.2) is 5.16 Å². The van der Waals surface area contributed by atoms with E-state index in [1.165, 1.54) is 30.2 Å². The van der Waals surface area contributed by atoms with Gasteiger partial charge in [0.25, 0.3) is 0 Å². The fourth-order valence-corrected chi connectivity index (χ4v) is 5.12. The molecule has 0 unspecified atom stereocenters. The van der Waals surface area contributed by atoms with Gasteiger partial charge in [0.2, 0.25) is 5.91 Å². The molecule has 8 heteroatoms.